The van der Waals surface area contributed by atoms with Crippen molar-refractivity contribution in [2.24, 2.45) is 5.73 Å². The Morgan fingerprint density at radius 2 is 2.39 bits per heavy atom. The average molecular weight is 254 g/mol. The number of carbonyl (C=O) groups excluding carboxylic acids is 1. The molecule has 0 spiro atoms. The summed E-state index contributed by atoms with van der Waals surface area (Å²) in [4.78, 5) is 35.1. The van der Waals surface area contributed by atoms with Crippen molar-refractivity contribution < 1.29 is 9.53 Å². The molecule has 1 saturated heterocycles. The minimum Gasteiger partial charge on any atom is -0.353 e. The molecule has 0 saturated carbocycles. The van der Waals surface area contributed by atoms with Gasteiger partial charge in [-0.05, 0) is 0 Å². The molecule has 18 heavy (non-hydrogen) atoms. The largest absolute Gasteiger partial charge is 0.353 e. The zero-order chi connectivity index (χ0) is 13.1. The molecular formula is C10H14N4O4. The Balaban J connectivity index is 2.23. The maximum Gasteiger partial charge on any atom is 0.330 e. The summed E-state index contributed by atoms with van der Waals surface area (Å²) in [5.41, 5.74) is 4.52. The normalized spacial score (nSPS) is 27.1. The van der Waals surface area contributed by atoms with Gasteiger partial charge in [0.2, 0.25) is 6.41 Å². The number of rotatable bonds is 4. The van der Waals surface area contributed by atoms with Gasteiger partial charge in [-0.25, -0.2) is 4.79 Å². The van der Waals surface area contributed by atoms with E-state index >= 15 is 0 Å². The molecule has 3 atom stereocenters. The number of aromatic amines is 1. The van der Waals surface area contributed by atoms with Crippen molar-refractivity contribution in [2.45, 2.75) is 24.8 Å². The molecule has 2 rings (SSSR count). The van der Waals surface area contributed by atoms with Crippen LogP contribution in [0.3, 0.4) is 0 Å². The van der Waals surface area contributed by atoms with Gasteiger partial charge in [-0.3, -0.25) is 19.1 Å². The number of H-pyrrole nitrogens is 1. The lowest BCUT2D eigenvalue weighted by atomic mass is 10.1. The Kier molecular flexibility index (Phi) is 3.58. The van der Waals surface area contributed by atoms with Crippen molar-refractivity contribution in [3.63, 3.8) is 0 Å². The van der Waals surface area contributed by atoms with Gasteiger partial charge in [-0.2, -0.15) is 0 Å². The Bertz CT molecular complexity index is 537. The van der Waals surface area contributed by atoms with E-state index in [9.17, 15) is 14.4 Å². The monoisotopic (exact) mass is 254 g/mol. The highest BCUT2D eigenvalue weighted by molar-refractivity contribution is 5.47. The van der Waals surface area contributed by atoms with E-state index in [0.29, 0.717) is 12.8 Å². The lowest BCUT2D eigenvalue weighted by Crippen LogP contribution is -2.39. The molecule has 0 aliphatic carbocycles. The van der Waals surface area contributed by atoms with Crippen LogP contribution < -0.4 is 22.3 Å². The molecule has 1 amide bonds. The molecule has 98 valence electrons. The summed E-state index contributed by atoms with van der Waals surface area (Å²) in [6.45, 7) is 0.236. The fourth-order valence-electron chi connectivity index (χ4n) is 2.04. The van der Waals surface area contributed by atoms with Gasteiger partial charge in [0.1, 0.15) is 6.23 Å². The third kappa shape index (κ3) is 2.34. The number of nitrogens with one attached hydrogen (secondary N) is 2. The highest BCUT2D eigenvalue weighted by Gasteiger charge is 2.35. The molecule has 1 aliphatic rings. The van der Waals surface area contributed by atoms with Crippen molar-refractivity contribution in [3.05, 3.63) is 33.1 Å². The summed E-state index contributed by atoms with van der Waals surface area (Å²) < 4.78 is 6.85. The van der Waals surface area contributed by atoms with Gasteiger partial charge in [0.15, 0.2) is 0 Å². The van der Waals surface area contributed by atoms with Gasteiger partial charge in [0, 0.05) is 25.2 Å². The Morgan fingerprint density at radius 3 is 3.00 bits per heavy atom. The van der Waals surface area contributed by atoms with Gasteiger partial charge in [0.25, 0.3) is 5.56 Å². The molecule has 0 aromatic carbocycles. The number of aromatic nitrogens is 2. The molecule has 4 N–H and O–H groups in total. The Morgan fingerprint density at radius 1 is 1.61 bits per heavy atom. The van der Waals surface area contributed by atoms with Crippen LogP contribution in [0.25, 0.3) is 0 Å². The third-order valence-electron chi connectivity index (χ3n) is 2.91. The van der Waals surface area contributed by atoms with Crippen LogP contribution in [-0.2, 0) is 9.53 Å². The standard InChI is InChI=1S/C10H14N4O4/c11-4-7-6(12-5-15)3-9(18-7)14-2-1-8(16)13-10(14)17/h1-2,5-7,9H,3-4,11H2,(H,12,15)(H,13,16,17)/t6-,7+,9+/m0/s1. The smallest absolute Gasteiger partial charge is 0.330 e. The predicted molar refractivity (Wildman–Crippen MR) is 61.9 cm³/mol. The summed E-state index contributed by atoms with van der Waals surface area (Å²) in [6, 6.07) is 0.999. The van der Waals surface area contributed by atoms with Crippen LogP contribution in [0.2, 0.25) is 0 Å². The van der Waals surface area contributed by atoms with Gasteiger partial charge in [-0.1, -0.05) is 0 Å². The van der Waals surface area contributed by atoms with E-state index in [1.54, 1.807) is 0 Å². The van der Waals surface area contributed by atoms with E-state index < -0.39 is 17.5 Å². The second-order valence-electron chi connectivity index (χ2n) is 4.01. The summed E-state index contributed by atoms with van der Waals surface area (Å²) >= 11 is 0. The van der Waals surface area contributed by atoms with Crippen LogP contribution in [0.15, 0.2) is 21.9 Å². The van der Waals surface area contributed by atoms with Crippen LogP contribution >= 0.6 is 0 Å². The zero-order valence-corrected chi connectivity index (χ0v) is 9.54. The first-order valence-electron chi connectivity index (χ1n) is 5.52. The summed E-state index contributed by atoms with van der Waals surface area (Å²) in [6.07, 6.45) is 1.48. The number of carbonyl (C=O) groups is 1. The quantitative estimate of drug-likeness (QED) is 0.532. The molecular weight excluding hydrogens is 240 g/mol. The van der Waals surface area contributed by atoms with Gasteiger partial charge in [0.05, 0.1) is 12.1 Å². The summed E-state index contributed by atoms with van der Waals surface area (Å²) in [7, 11) is 0. The number of amides is 1. The first kappa shape index (κ1) is 12.5. The van der Waals surface area contributed by atoms with Crippen molar-refractivity contribution >= 4 is 6.41 Å². The highest BCUT2D eigenvalue weighted by Crippen LogP contribution is 2.26. The third-order valence-corrected chi connectivity index (χ3v) is 2.91. The van der Waals surface area contributed by atoms with E-state index in [1.807, 2.05) is 0 Å². The van der Waals surface area contributed by atoms with E-state index in [-0.39, 0.29) is 18.7 Å². The van der Waals surface area contributed by atoms with Crippen LogP contribution in [0.4, 0.5) is 0 Å². The minimum atomic E-state index is -0.546. The SMILES string of the molecule is NC[C@H]1O[C@@H](n2ccc(=O)[nH]c2=O)C[C@@H]1NC=O. The fraction of sp³-hybridized carbons (Fsp3) is 0.500. The molecule has 0 unspecified atom stereocenters. The minimum absolute atomic E-state index is 0.236. The number of ether oxygens (including phenoxy) is 1. The van der Waals surface area contributed by atoms with Crippen molar-refractivity contribution in [3.8, 4) is 0 Å². The number of hydrogen-bond donors (Lipinski definition) is 3. The highest BCUT2D eigenvalue weighted by atomic mass is 16.5. The van der Waals surface area contributed by atoms with Crippen LogP contribution in [0, 0.1) is 0 Å². The van der Waals surface area contributed by atoms with Crippen LogP contribution in [0.5, 0.6) is 0 Å². The van der Waals surface area contributed by atoms with E-state index in [2.05, 4.69) is 10.3 Å². The zero-order valence-electron chi connectivity index (χ0n) is 9.54. The molecule has 2 heterocycles. The summed E-state index contributed by atoms with van der Waals surface area (Å²) in [5.74, 6) is 0. The van der Waals surface area contributed by atoms with Crippen molar-refractivity contribution in [1.82, 2.24) is 14.9 Å². The lowest BCUT2D eigenvalue weighted by Gasteiger charge is -2.15. The van der Waals surface area contributed by atoms with Gasteiger partial charge in [-0.15, -0.1) is 0 Å². The maximum atomic E-state index is 11.6. The van der Waals surface area contributed by atoms with E-state index in [4.69, 9.17) is 10.5 Å². The number of nitrogens with two attached hydrogens (primary N) is 1. The molecule has 1 fully saturated rings. The predicted octanol–water partition coefficient (Wildman–Crippen LogP) is -2.10. The Labute approximate surface area is 102 Å². The van der Waals surface area contributed by atoms with Crippen molar-refractivity contribution in [1.29, 1.82) is 0 Å². The molecule has 1 aromatic rings. The van der Waals surface area contributed by atoms with Crippen LogP contribution in [0.1, 0.15) is 12.6 Å². The second-order valence-corrected chi connectivity index (χ2v) is 4.01. The second kappa shape index (κ2) is 5.15. The molecule has 0 radical (unpaired) electrons. The molecule has 8 heteroatoms. The number of nitrogens with zero attached hydrogens (tertiary/aromatic N) is 1. The molecule has 1 aromatic heterocycles. The fourth-order valence-corrected chi connectivity index (χ4v) is 2.04. The van der Waals surface area contributed by atoms with E-state index in [1.165, 1.54) is 16.8 Å². The van der Waals surface area contributed by atoms with Crippen molar-refractivity contribution in [2.75, 3.05) is 6.54 Å². The first-order valence-corrected chi connectivity index (χ1v) is 5.52. The van der Waals surface area contributed by atoms with E-state index in [0.717, 1.165) is 0 Å². The summed E-state index contributed by atoms with van der Waals surface area (Å²) in [5, 5.41) is 2.60. The van der Waals surface area contributed by atoms with Gasteiger partial charge < -0.3 is 15.8 Å². The molecule has 0 bridgehead atoms. The maximum absolute atomic E-state index is 11.6. The molecule has 1 aliphatic heterocycles. The topological polar surface area (TPSA) is 119 Å². The molecule has 8 nitrogen and oxygen atoms in total. The lowest BCUT2D eigenvalue weighted by molar-refractivity contribution is -0.110. The van der Waals surface area contributed by atoms with Crippen LogP contribution in [-0.4, -0.2) is 34.7 Å². The Hall–Kier alpha value is -1.93. The number of hydrogen-bond acceptors (Lipinski definition) is 5. The average Bonchev–Trinajstić information content (AvgIpc) is 2.72. The van der Waals surface area contributed by atoms with Gasteiger partial charge >= 0.3 is 5.69 Å². The first-order chi connectivity index (χ1) is 8.65.